The minimum atomic E-state index is 0.154. The lowest BCUT2D eigenvalue weighted by molar-refractivity contribution is 0.232. The molecule has 0 saturated heterocycles. The highest BCUT2D eigenvalue weighted by Gasteiger charge is 1.98. The average molecular weight is 243 g/mol. The van der Waals surface area contributed by atoms with Crippen molar-refractivity contribution in [3.05, 3.63) is 10.7 Å². The van der Waals surface area contributed by atoms with Crippen LogP contribution in [0, 0.1) is 12.3 Å². The Bertz CT molecular complexity index is 316. The summed E-state index contributed by atoms with van der Waals surface area (Å²) in [6.07, 6.45) is 4.97. The number of anilines is 2. The molecule has 1 aromatic heterocycles. The van der Waals surface area contributed by atoms with Crippen LogP contribution in [-0.2, 0) is 4.84 Å². The maximum atomic E-state index is 5.38. The topological polar surface area (TPSA) is 73.1 Å². The summed E-state index contributed by atoms with van der Waals surface area (Å²) in [5.74, 6) is 2.90. The van der Waals surface area contributed by atoms with Crippen molar-refractivity contribution in [2.45, 2.75) is 0 Å². The lowest BCUT2D eigenvalue weighted by Crippen LogP contribution is -2.05. The van der Waals surface area contributed by atoms with E-state index in [2.05, 4.69) is 37.3 Å². The summed E-state index contributed by atoms with van der Waals surface area (Å²) in [5.41, 5.74) is 7.90. The van der Waals surface area contributed by atoms with Crippen LogP contribution in [0.25, 0.3) is 0 Å². The third-order valence-corrected chi connectivity index (χ3v) is 1.45. The zero-order chi connectivity index (χ0) is 9.68. The summed E-state index contributed by atoms with van der Waals surface area (Å²) >= 11 is 3.15. The molecule has 0 aliphatic rings. The molecule has 6 heteroatoms. The molecule has 0 aliphatic heterocycles. The van der Waals surface area contributed by atoms with Gasteiger partial charge in [0.1, 0.15) is 11.2 Å². The van der Waals surface area contributed by atoms with E-state index in [0.29, 0.717) is 10.4 Å². The number of halogens is 1. The van der Waals surface area contributed by atoms with Crippen molar-refractivity contribution in [1.29, 1.82) is 0 Å². The number of hydrogen-bond acceptors (Lipinski definition) is 5. The Morgan fingerprint density at radius 1 is 1.69 bits per heavy atom. The molecule has 1 aromatic rings. The van der Waals surface area contributed by atoms with Gasteiger partial charge in [-0.05, 0) is 15.9 Å². The first kappa shape index (κ1) is 9.77. The molecule has 0 bridgehead atoms. The van der Waals surface area contributed by atoms with Gasteiger partial charge in [-0.15, -0.1) is 6.42 Å². The number of hydrogen-bond donors (Lipinski definition) is 2. The number of nitrogens with one attached hydrogen (secondary N) is 1. The second-order valence-electron chi connectivity index (χ2n) is 2.03. The highest BCUT2D eigenvalue weighted by molar-refractivity contribution is 9.10. The molecule has 1 heterocycles. The van der Waals surface area contributed by atoms with Crippen LogP contribution in [0.15, 0.2) is 10.7 Å². The van der Waals surface area contributed by atoms with E-state index in [4.69, 9.17) is 17.0 Å². The molecular formula is C7H7BrN4O. The third-order valence-electron chi connectivity index (χ3n) is 1.04. The Labute approximate surface area is 83.8 Å². The van der Waals surface area contributed by atoms with E-state index in [1.165, 1.54) is 0 Å². The van der Waals surface area contributed by atoms with E-state index in [1.54, 1.807) is 6.07 Å². The van der Waals surface area contributed by atoms with Crippen molar-refractivity contribution < 1.29 is 4.84 Å². The Balaban J connectivity index is 2.62. The van der Waals surface area contributed by atoms with Crippen molar-refractivity contribution in [3.63, 3.8) is 0 Å². The Morgan fingerprint density at radius 2 is 2.46 bits per heavy atom. The first-order valence-electron chi connectivity index (χ1n) is 3.33. The fourth-order valence-corrected chi connectivity index (χ4v) is 1.04. The van der Waals surface area contributed by atoms with Gasteiger partial charge in [-0.25, -0.2) is 10.5 Å². The van der Waals surface area contributed by atoms with Crippen LogP contribution in [-0.4, -0.2) is 16.6 Å². The molecule has 0 aromatic carbocycles. The van der Waals surface area contributed by atoms with E-state index in [9.17, 15) is 0 Å². The van der Waals surface area contributed by atoms with E-state index < -0.39 is 0 Å². The fourth-order valence-electron chi connectivity index (χ4n) is 0.639. The van der Waals surface area contributed by atoms with Crippen LogP contribution in [0.4, 0.5) is 11.8 Å². The molecule has 68 valence electrons. The van der Waals surface area contributed by atoms with Crippen molar-refractivity contribution in [1.82, 2.24) is 9.97 Å². The van der Waals surface area contributed by atoms with Gasteiger partial charge < -0.3 is 5.73 Å². The second-order valence-corrected chi connectivity index (χ2v) is 2.84. The molecule has 1 rings (SSSR count). The molecule has 0 aliphatic carbocycles. The number of aromatic nitrogens is 2. The lowest BCUT2D eigenvalue weighted by Gasteiger charge is -2.03. The highest BCUT2D eigenvalue weighted by atomic mass is 79.9. The Morgan fingerprint density at radius 3 is 3.08 bits per heavy atom. The smallest absolute Gasteiger partial charge is 0.223 e. The molecule has 5 nitrogen and oxygen atoms in total. The molecule has 0 spiro atoms. The minimum absolute atomic E-state index is 0.154. The molecular weight excluding hydrogens is 236 g/mol. The summed E-state index contributed by atoms with van der Waals surface area (Å²) in [6.45, 7) is 0.154. The molecule has 0 radical (unpaired) electrons. The number of nitrogens with zero attached hydrogens (tertiary/aromatic N) is 2. The van der Waals surface area contributed by atoms with Crippen molar-refractivity contribution in [2.24, 2.45) is 0 Å². The van der Waals surface area contributed by atoms with Gasteiger partial charge in [0, 0.05) is 6.07 Å². The molecule has 0 amide bonds. The van der Waals surface area contributed by atoms with Gasteiger partial charge in [-0.2, -0.15) is 4.98 Å². The van der Waals surface area contributed by atoms with Crippen LogP contribution < -0.4 is 11.2 Å². The summed E-state index contributed by atoms with van der Waals surface area (Å²) in [5, 5.41) is 0. The average Bonchev–Trinajstić information content (AvgIpc) is 2.03. The molecule has 3 N–H and O–H groups in total. The van der Waals surface area contributed by atoms with Gasteiger partial charge in [-0.1, -0.05) is 5.92 Å². The Hall–Kier alpha value is -1.32. The van der Waals surface area contributed by atoms with Crippen molar-refractivity contribution in [3.8, 4) is 12.3 Å². The van der Waals surface area contributed by atoms with Crippen LogP contribution in [0.2, 0.25) is 0 Å². The quantitative estimate of drug-likeness (QED) is 0.355. The van der Waals surface area contributed by atoms with Gasteiger partial charge >= 0.3 is 0 Å². The van der Waals surface area contributed by atoms with Gasteiger partial charge in [-0.3, -0.25) is 4.84 Å². The molecule has 0 saturated carbocycles. The standard InChI is InChI=1S/C7H7BrN4O/c1-2-3-13-12-6-4-5(8)10-7(9)11-6/h1,4H,3H2,(H3,9,10,11,12). The van der Waals surface area contributed by atoms with Gasteiger partial charge in [0.2, 0.25) is 5.95 Å². The second kappa shape index (κ2) is 4.64. The molecule has 0 fully saturated rings. The maximum absolute atomic E-state index is 5.38. The van der Waals surface area contributed by atoms with E-state index in [0.717, 1.165) is 0 Å². The minimum Gasteiger partial charge on any atom is -0.368 e. The predicted octanol–water partition coefficient (Wildman–Crippen LogP) is 0.798. The van der Waals surface area contributed by atoms with E-state index >= 15 is 0 Å². The van der Waals surface area contributed by atoms with Crippen LogP contribution in [0.3, 0.4) is 0 Å². The predicted molar refractivity (Wildman–Crippen MR) is 52.6 cm³/mol. The number of nitrogens with two attached hydrogens (primary N) is 1. The first-order chi connectivity index (χ1) is 6.22. The summed E-state index contributed by atoms with van der Waals surface area (Å²) in [6, 6.07) is 1.62. The maximum Gasteiger partial charge on any atom is 0.223 e. The van der Waals surface area contributed by atoms with E-state index in [1.807, 2.05) is 0 Å². The van der Waals surface area contributed by atoms with Gasteiger partial charge in [0.05, 0.1) is 0 Å². The zero-order valence-electron chi connectivity index (χ0n) is 6.62. The number of terminal acetylenes is 1. The summed E-state index contributed by atoms with van der Waals surface area (Å²) in [7, 11) is 0. The molecule has 13 heavy (non-hydrogen) atoms. The van der Waals surface area contributed by atoms with Crippen LogP contribution >= 0.6 is 15.9 Å². The van der Waals surface area contributed by atoms with Crippen LogP contribution in [0.5, 0.6) is 0 Å². The Kier molecular flexibility index (Phi) is 3.49. The summed E-state index contributed by atoms with van der Waals surface area (Å²) in [4.78, 5) is 12.5. The van der Waals surface area contributed by atoms with Crippen molar-refractivity contribution in [2.75, 3.05) is 17.8 Å². The van der Waals surface area contributed by atoms with Crippen LogP contribution in [0.1, 0.15) is 0 Å². The third kappa shape index (κ3) is 3.27. The number of nitrogen functional groups attached to an aromatic ring is 1. The number of rotatable bonds is 3. The summed E-state index contributed by atoms with van der Waals surface area (Å²) < 4.78 is 0.576. The normalized spacial score (nSPS) is 9.23. The van der Waals surface area contributed by atoms with E-state index in [-0.39, 0.29) is 12.6 Å². The van der Waals surface area contributed by atoms with Gasteiger partial charge in [0.15, 0.2) is 5.82 Å². The SMILES string of the molecule is C#CCONc1cc(Br)nc(N)n1. The monoisotopic (exact) mass is 242 g/mol. The highest BCUT2D eigenvalue weighted by Crippen LogP contribution is 2.12. The van der Waals surface area contributed by atoms with Crippen molar-refractivity contribution >= 4 is 27.7 Å². The van der Waals surface area contributed by atoms with Gasteiger partial charge in [0.25, 0.3) is 0 Å². The zero-order valence-corrected chi connectivity index (χ0v) is 8.21. The molecule has 0 unspecified atom stereocenters. The lowest BCUT2D eigenvalue weighted by atomic mass is 10.6. The first-order valence-corrected chi connectivity index (χ1v) is 4.13. The molecule has 0 atom stereocenters. The fraction of sp³-hybridized carbons (Fsp3) is 0.143. The largest absolute Gasteiger partial charge is 0.368 e.